The fourth-order valence-corrected chi connectivity index (χ4v) is 9.49. The number of aliphatic hydroxyl groups is 2. The number of unbranched alkanes of at least 4 members (excludes halogenated alkanes) is 42. The summed E-state index contributed by atoms with van der Waals surface area (Å²) in [6.45, 7) is 6.54. The predicted octanol–water partition coefficient (Wildman–Crippen LogP) is 17.9. The van der Waals surface area contributed by atoms with Crippen LogP contribution < -0.4 is 5.32 Å². The second-order valence-electron chi connectivity index (χ2n) is 20.4. The normalized spacial score (nSPS) is 13.0. The molecule has 3 atom stereocenters. The predicted molar refractivity (Wildman–Crippen MR) is 278 cm³/mol. The molecule has 0 aromatic heterocycles. The number of ether oxygens (including phenoxy) is 1. The van der Waals surface area contributed by atoms with Crippen LogP contribution in [0, 0.1) is 0 Å². The summed E-state index contributed by atoms with van der Waals surface area (Å²) >= 11 is 0. The Kier molecular flexibility index (Phi) is 51.9. The van der Waals surface area contributed by atoms with Crippen molar-refractivity contribution < 1.29 is 24.5 Å². The SMILES string of the molecule is CCCCCCCCCCCCCCCCCCC(CC(=O)NC(CO)C(O)CCCCCCCCCCCCCCCC)OC(=O)CCCCCCCCCCCCCCCCC. The Bertz CT molecular complexity index is 928. The van der Waals surface area contributed by atoms with E-state index in [0.29, 0.717) is 19.3 Å². The van der Waals surface area contributed by atoms with E-state index in [-0.39, 0.29) is 24.9 Å². The minimum atomic E-state index is -0.780. The van der Waals surface area contributed by atoms with Gasteiger partial charge in [0, 0.05) is 6.42 Å². The van der Waals surface area contributed by atoms with Crippen molar-refractivity contribution in [2.24, 2.45) is 0 Å². The van der Waals surface area contributed by atoms with Gasteiger partial charge in [-0.3, -0.25) is 9.59 Å². The third-order valence-corrected chi connectivity index (χ3v) is 13.9. The molecule has 0 aliphatic carbocycles. The minimum absolute atomic E-state index is 0.0887. The smallest absolute Gasteiger partial charge is 0.306 e. The molecule has 64 heavy (non-hydrogen) atoms. The van der Waals surface area contributed by atoms with Crippen molar-refractivity contribution in [1.82, 2.24) is 5.32 Å². The average molecular weight is 907 g/mol. The molecule has 0 aromatic rings. The maximum Gasteiger partial charge on any atom is 0.306 e. The van der Waals surface area contributed by atoms with E-state index in [1.807, 2.05) is 0 Å². The Morgan fingerprint density at radius 3 is 0.953 bits per heavy atom. The summed E-state index contributed by atoms with van der Waals surface area (Å²) in [6.07, 6.45) is 58.8. The van der Waals surface area contributed by atoms with Crippen LogP contribution in [0.15, 0.2) is 0 Å². The van der Waals surface area contributed by atoms with Crippen LogP contribution in [-0.4, -0.2) is 46.9 Å². The summed E-state index contributed by atoms with van der Waals surface area (Å²) in [5.41, 5.74) is 0. The molecule has 0 saturated carbocycles. The van der Waals surface area contributed by atoms with Gasteiger partial charge >= 0.3 is 5.97 Å². The summed E-state index contributed by atoms with van der Waals surface area (Å²) in [5, 5.41) is 23.9. The number of hydrogen-bond donors (Lipinski definition) is 3. The van der Waals surface area contributed by atoms with Gasteiger partial charge < -0.3 is 20.3 Å². The number of hydrogen-bond acceptors (Lipinski definition) is 5. The zero-order valence-electron chi connectivity index (χ0n) is 43.7. The molecule has 0 aliphatic rings. The number of esters is 1. The van der Waals surface area contributed by atoms with E-state index < -0.39 is 18.2 Å². The molecule has 0 heterocycles. The van der Waals surface area contributed by atoms with Crippen molar-refractivity contribution >= 4 is 11.9 Å². The van der Waals surface area contributed by atoms with Gasteiger partial charge in [-0.25, -0.2) is 0 Å². The zero-order chi connectivity index (χ0) is 46.7. The van der Waals surface area contributed by atoms with E-state index in [2.05, 4.69) is 26.1 Å². The van der Waals surface area contributed by atoms with Gasteiger partial charge in [0.15, 0.2) is 0 Å². The Morgan fingerprint density at radius 1 is 0.391 bits per heavy atom. The number of aliphatic hydroxyl groups excluding tert-OH is 2. The number of amides is 1. The number of nitrogens with one attached hydrogen (secondary N) is 1. The van der Waals surface area contributed by atoms with Crippen molar-refractivity contribution in [3.63, 3.8) is 0 Å². The van der Waals surface area contributed by atoms with Crippen LogP contribution in [0.25, 0.3) is 0 Å². The first kappa shape index (κ1) is 62.9. The molecule has 0 aliphatic heterocycles. The zero-order valence-corrected chi connectivity index (χ0v) is 43.7. The van der Waals surface area contributed by atoms with Gasteiger partial charge in [-0.05, 0) is 25.7 Å². The van der Waals surface area contributed by atoms with Crippen LogP contribution in [0.5, 0.6) is 0 Å². The third kappa shape index (κ3) is 47.4. The first-order valence-corrected chi connectivity index (χ1v) is 29.3. The Morgan fingerprint density at radius 2 is 0.656 bits per heavy atom. The lowest BCUT2D eigenvalue weighted by Gasteiger charge is -2.24. The standard InChI is InChI=1S/C58H115NO5/c1-4-7-10-13-16-19-22-25-28-30-31-34-37-40-43-46-49-54(64-58(63)51-48-45-42-39-36-33-29-26-23-20-17-14-11-8-5-2)52-57(62)59-55(53-60)56(61)50-47-44-41-38-35-32-27-24-21-18-15-12-9-6-3/h54-56,60-61H,4-53H2,1-3H3,(H,59,62). The molecule has 3 unspecified atom stereocenters. The Labute approximate surface area is 400 Å². The maximum absolute atomic E-state index is 13.3. The molecule has 6 nitrogen and oxygen atoms in total. The van der Waals surface area contributed by atoms with Gasteiger partial charge in [0.25, 0.3) is 0 Å². The minimum Gasteiger partial charge on any atom is -0.462 e. The summed E-state index contributed by atoms with van der Waals surface area (Å²) in [4.78, 5) is 26.3. The highest BCUT2D eigenvalue weighted by atomic mass is 16.5. The van der Waals surface area contributed by atoms with E-state index in [1.165, 1.54) is 250 Å². The van der Waals surface area contributed by atoms with Gasteiger partial charge in [0.2, 0.25) is 5.91 Å². The largest absolute Gasteiger partial charge is 0.462 e. The Balaban J connectivity index is 4.49. The lowest BCUT2D eigenvalue weighted by Crippen LogP contribution is -2.46. The van der Waals surface area contributed by atoms with Crippen LogP contribution in [0.2, 0.25) is 0 Å². The molecule has 0 aromatic carbocycles. The first-order valence-electron chi connectivity index (χ1n) is 29.3. The van der Waals surface area contributed by atoms with Crippen LogP contribution in [-0.2, 0) is 14.3 Å². The highest BCUT2D eigenvalue weighted by Gasteiger charge is 2.24. The maximum atomic E-state index is 13.3. The molecule has 0 saturated heterocycles. The van der Waals surface area contributed by atoms with Gasteiger partial charge in [-0.15, -0.1) is 0 Å². The van der Waals surface area contributed by atoms with Crippen LogP contribution in [0.3, 0.4) is 0 Å². The van der Waals surface area contributed by atoms with E-state index in [4.69, 9.17) is 4.74 Å². The highest BCUT2D eigenvalue weighted by molar-refractivity contribution is 5.77. The summed E-state index contributed by atoms with van der Waals surface area (Å²) in [7, 11) is 0. The van der Waals surface area contributed by atoms with Crippen molar-refractivity contribution in [3.8, 4) is 0 Å². The summed E-state index contributed by atoms with van der Waals surface area (Å²) < 4.78 is 5.97. The summed E-state index contributed by atoms with van der Waals surface area (Å²) in [6, 6.07) is -0.693. The average Bonchev–Trinajstić information content (AvgIpc) is 3.29. The van der Waals surface area contributed by atoms with Crippen molar-refractivity contribution in [1.29, 1.82) is 0 Å². The molecule has 3 N–H and O–H groups in total. The third-order valence-electron chi connectivity index (χ3n) is 13.9. The lowest BCUT2D eigenvalue weighted by molar-refractivity contribution is -0.151. The molecule has 0 spiro atoms. The monoisotopic (exact) mass is 906 g/mol. The van der Waals surface area contributed by atoms with E-state index >= 15 is 0 Å². The number of carbonyl (C=O) groups is 2. The quantitative estimate of drug-likeness (QED) is 0.0417. The lowest BCUT2D eigenvalue weighted by atomic mass is 10.0. The fraction of sp³-hybridized carbons (Fsp3) is 0.966. The summed E-state index contributed by atoms with van der Waals surface area (Å²) in [5.74, 6) is -0.444. The number of carbonyl (C=O) groups excluding carboxylic acids is 2. The van der Waals surface area contributed by atoms with Crippen molar-refractivity contribution in [3.05, 3.63) is 0 Å². The van der Waals surface area contributed by atoms with Crippen molar-refractivity contribution in [2.75, 3.05) is 6.61 Å². The van der Waals surface area contributed by atoms with Gasteiger partial charge in [0.1, 0.15) is 6.10 Å². The van der Waals surface area contributed by atoms with Crippen LogP contribution >= 0.6 is 0 Å². The van der Waals surface area contributed by atoms with E-state index in [9.17, 15) is 19.8 Å². The van der Waals surface area contributed by atoms with Gasteiger partial charge in [0.05, 0.1) is 25.2 Å². The second kappa shape index (κ2) is 52.8. The highest BCUT2D eigenvalue weighted by Crippen LogP contribution is 2.19. The molecule has 0 fully saturated rings. The van der Waals surface area contributed by atoms with E-state index in [1.54, 1.807) is 0 Å². The molecular formula is C58H115NO5. The molecule has 0 radical (unpaired) electrons. The topological polar surface area (TPSA) is 95.9 Å². The molecule has 0 rings (SSSR count). The second-order valence-corrected chi connectivity index (χ2v) is 20.4. The number of rotatable bonds is 54. The molecule has 0 bridgehead atoms. The Hall–Kier alpha value is -1.14. The van der Waals surface area contributed by atoms with Crippen molar-refractivity contribution in [2.45, 2.75) is 354 Å². The van der Waals surface area contributed by atoms with Crippen LogP contribution in [0.1, 0.15) is 335 Å². The molecule has 6 heteroatoms. The van der Waals surface area contributed by atoms with Crippen LogP contribution in [0.4, 0.5) is 0 Å². The molecule has 382 valence electrons. The van der Waals surface area contributed by atoms with E-state index in [0.717, 1.165) is 38.5 Å². The first-order chi connectivity index (χ1) is 31.5. The van der Waals surface area contributed by atoms with Gasteiger partial charge in [-0.1, -0.05) is 297 Å². The molecular weight excluding hydrogens is 791 g/mol. The van der Waals surface area contributed by atoms with Gasteiger partial charge in [-0.2, -0.15) is 0 Å². The molecule has 1 amide bonds. The fourth-order valence-electron chi connectivity index (χ4n) is 9.49.